The molecule has 1 aromatic heterocycles. The van der Waals surface area contributed by atoms with Crippen molar-refractivity contribution < 1.29 is 0 Å². The fraction of sp³-hybridized carbons (Fsp3) is 0.476. The Kier molecular flexibility index (Phi) is 7.21. The molecule has 0 spiro atoms. The Balaban J connectivity index is 0.00000117. The minimum atomic E-state index is -0.0460. The first-order valence-corrected chi connectivity index (χ1v) is 9.72. The Hall–Kier alpha value is -2.35. The third kappa shape index (κ3) is 4.43. The van der Waals surface area contributed by atoms with E-state index >= 15 is 0 Å². The first-order valence-electron chi connectivity index (χ1n) is 9.72. The van der Waals surface area contributed by atoms with Crippen molar-refractivity contribution in [3.63, 3.8) is 0 Å². The Morgan fingerprint density at radius 1 is 1.31 bits per heavy atom. The van der Waals surface area contributed by atoms with Crippen LogP contribution in [0.5, 0.6) is 0 Å². The highest BCUT2D eigenvalue weighted by Crippen LogP contribution is 2.32. The summed E-state index contributed by atoms with van der Waals surface area (Å²) in [7, 11) is 0. The molecule has 0 radical (unpaired) electrons. The summed E-state index contributed by atoms with van der Waals surface area (Å²) in [4.78, 5) is 20.4. The fourth-order valence-corrected chi connectivity index (χ4v) is 3.55. The molecule has 2 aromatic rings. The number of nitriles is 1. The van der Waals surface area contributed by atoms with Gasteiger partial charge in [0.05, 0.1) is 5.69 Å². The summed E-state index contributed by atoms with van der Waals surface area (Å²) in [5.74, 6) is 3.23. The molecule has 136 valence electrons. The van der Waals surface area contributed by atoms with Gasteiger partial charge in [0.2, 0.25) is 0 Å². The smallest absolute Gasteiger partial charge is 0.268 e. The molecule has 1 aromatic carbocycles. The number of nitrogens with one attached hydrogen (secondary N) is 1. The molecule has 0 fully saturated rings. The van der Waals surface area contributed by atoms with E-state index in [1.54, 1.807) is 0 Å². The molecule has 4 nitrogen and oxygen atoms in total. The maximum atomic E-state index is 12.6. The van der Waals surface area contributed by atoms with E-state index in [-0.39, 0.29) is 18.2 Å². The number of aryl methyl sites for hydroxylation is 1. The van der Waals surface area contributed by atoms with Crippen LogP contribution < -0.4 is 5.56 Å². The lowest BCUT2D eigenvalue weighted by molar-refractivity contribution is 0.638. The van der Waals surface area contributed by atoms with Crippen molar-refractivity contribution in [2.45, 2.75) is 65.5 Å². The maximum Gasteiger partial charge on any atom is 0.268 e. The van der Waals surface area contributed by atoms with Crippen LogP contribution >= 0.6 is 0 Å². The Labute approximate surface area is 156 Å². The van der Waals surface area contributed by atoms with Crippen molar-refractivity contribution in [1.82, 2.24) is 9.97 Å². The van der Waals surface area contributed by atoms with Gasteiger partial charge in [0.25, 0.3) is 12.3 Å². The zero-order valence-electron chi connectivity index (χ0n) is 16.3. The molecule has 0 saturated carbocycles. The highest BCUT2D eigenvalue weighted by molar-refractivity contribution is 6.67. The minimum Gasteiger partial charge on any atom is -0.306 e. The van der Waals surface area contributed by atoms with Crippen LogP contribution in [0.25, 0.3) is 11.4 Å². The molecular weight excluding hydrogens is 321 g/mol. The molecule has 3 rings (SSSR count). The topological polar surface area (TPSA) is 69.5 Å². The van der Waals surface area contributed by atoms with E-state index in [1.807, 2.05) is 45.0 Å². The average molecular weight is 349 g/mol. The van der Waals surface area contributed by atoms with Gasteiger partial charge in [0, 0.05) is 17.1 Å². The van der Waals surface area contributed by atoms with Gasteiger partial charge >= 0.3 is 0 Å². The van der Waals surface area contributed by atoms with Gasteiger partial charge in [-0.1, -0.05) is 69.7 Å². The molecule has 0 aliphatic carbocycles. The average Bonchev–Trinajstić information content (AvgIpc) is 2.84. The van der Waals surface area contributed by atoms with Crippen LogP contribution in [-0.2, 0) is 6.42 Å². The Morgan fingerprint density at radius 2 is 2.00 bits per heavy atom. The number of fused-ring (bicyclic) bond motifs is 1. The van der Waals surface area contributed by atoms with Crippen molar-refractivity contribution >= 4 is 6.71 Å². The van der Waals surface area contributed by atoms with Crippen LogP contribution in [0.2, 0.25) is 12.6 Å². The molecule has 1 atom stereocenters. The van der Waals surface area contributed by atoms with Gasteiger partial charge in [-0.15, -0.1) is 0 Å². The maximum absolute atomic E-state index is 12.6. The predicted molar refractivity (Wildman–Crippen MR) is 109 cm³/mol. The summed E-state index contributed by atoms with van der Waals surface area (Å²) in [5.41, 5.74) is 3.75. The second-order valence-corrected chi connectivity index (χ2v) is 6.73. The van der Waals surface area contributed by atoms with Crippen LogP contribution in [-0.4, -0.2) is 16.7 Å². The van der Waals surface area contributed by atoms with Gasteiger partial charge in [-0.2, -0.15) is 0 Å². The summed E-state index contributed by atoms with van der Waals surface area (Å²) in [6.07, 6.45) is 4.19. The normalized spacial score (nSPS) is 16.0. The summed E-state index contributed by atoms with van der Waals surface area (Å²) in [6, 6.07) is 8.03. The Bertz CT molecular complexity index is 821. The molecule has 1 N–H and O–H groups in total. The first kappa shape index (κ1) is 20.0. The van der Waals surface area contributed by atoms with Gasteiger partial charge in [-0.05, 0) is 25.7 Å². The molecule has 1 aliphatic rings. The molecule has 1 aliphatic heterocycles. The second kappa shape index (κ2) is 9.38. The van der Waals surface area contributed by atoms with Gasteiger partial charge in [-0.25, -0.2) is 10.2 Å². The van der Waals surface area contributed by atoms with Crippen LogP contribution in [0.15, 0.2) is 29.1 Å². The number of aromatic amines is 1. The lowest BCUT2D eigenvalue weighted by Crippen LogP contribution is -2.19. The number of rotatable bonds is 3. The van der Waals surface area contributed by atoms with Crippen molar-refractivity contribution in [3.8, 4) is 17.4 Å². The number of benzene rings is 1. The number of hydrogen-bond donors (Lipinski definition) is 1. The highest BCUT2D eigenvalue weighted by atomic mass is 16.1. The lowest BCUT2D eigenvalue weighted by Gasteiger charge is -2.17. The van der Waals surface area contributed by atoms with Crippen LogP contribution in [0.3, 0.4) is 0 Å². The third-order valence-electron chi connectivity index (χ3n) is 4.89. The summed E-state index contributed by atoms with van der Waals surface area (Å²) in [6.45, 7) is 8.19. The Morgan fingerprint density at radius 3 is 2.62 bits per heavy atom. The summed E-state index contributed by atoms with van der Waals surface area (Å²) in [5, 5.41) is 9.35. The number of nitrogens with zero attached hydrogens (tertiary/aromatic N) is 2. The van der Waals surface area contributed by atoms with Gasteiger partial charge < -0.3 is 4.98 Å². The summed E-state index contributed by atoms with van der Waals surface area (Å²) < 4.78 is 0. The molecule has 5 heteroatoms. The molecule has 26 heavy (non-hydrogen) atoms. The largest absolute Gasteiger partial charge is 0.306 e. The number of aromatic nitrogens is 2. The van der Waals surface area contributed by atoms with Gasteiger partial charge in [0.15, 0.2) is 0 Å². The van der Waals surface area contributed by atoms with Gasteiger partial charge in [0.1, 0.15) is 5.82 Å². The van der Waals surface area contributed by atoms with Crippen molar-refractivity contribution in [2.24, 2.45) is 0 Å². The molecule has 0 amide bonds. The molecule has 0 saturated heterocycles. The van der Waals surface area contributed by atoms with Crippen LogP contribution in [0.1, 0.15) is 56.4 Å². The molecular formula is C21H28BN3O. The number of H-pyrrole nitrogens is 1. The van der Waals surface area contributed by atoms with E-state index in [2.05, 4.69) is 17.9 Å². The fourth-order valence-electron chi connectivity index (χ4n) is 3.55. The van der Waals surface area contributed by atoms with Crippen molar-refractivity contribution in [2.75, 3.05) is 0 Å². The van der Waals surface area contributed by atoms with E-state index in [4.69, 9.17) is 4.98 Å². The molecule has 2 heterocycles. The van der Waals surface area contributed by atoms with Crippen molar-refractivity contribution in [3.05, 3.63) is 51.4 Å². The predicted octanol–water partition coefficient (Wildman–Crippen LogP) is 4.77. The number of hydrogen-bond acceptors (Lipinski definition) is 3. The van der Waals surface area contributed by atoms with E-state index in [0.29, 0.717) is 12.2 Å². The second-order valence-electron chi connectivity index (χ2n) is 6.73. The quantitative estimate of drug-likeness (QED) is 0.812. The highest BCUT2D eigenvalue weighted by Gasteiger charge is 2.30. The van der Waals surface area contributed by atoms with E-state index in [0.717, 1.165) is 42.3 Å². The van der Waals surface area contributed by atoms with E-state index < -0.39 is 0 Å². The van der Waals surface area contributed by atoms with Crippen LogP contribution in [0.4, 0.5) is 0 Å². The van der Waals surface area contributed by atoms with Gasteiger partial charge in [-0.3, -0.25) is 4.79 Å². The van der Waals surface area contributed by atoms with Crippen molar-refractivity contribution in [1.29, 1.82) is 5.26 Å². The minimum absolute atomic E-state index is 0.0120. The molecule has 1 unspecified atom stereocenters. The lowest BCUT2D eigenvalue weighted by atomic mass is 9.44. The van der Waals surface area contributed by atoms with Crippen LogP contribution in [0, 0.1) is 18.2 Å². The molecule has 0 bridgehead atoms. The van der Waals surface area contributed by atoms with E-state index in [9.17, 15) is 10.1 Å². The summed E-state index contributed by atoms with van der Waals surface area (Å²) >= 11 is 0. The SMILES string of the molecule is CC.CCCC1CB(C#N)CCc2c1nc(-c1ccc(C)cc1)[nH]c2=O. The third-order valence-corrected chi connectivity index (χ3v) is 4.89. The zero-order chi connectivity index (χ0) is 19.1. The van der Waals surface area contributed by atoms with E-state index in [1.165, 1.54) is 5.56 Å². The monoisotopic (exact) mass is 349 g/mol. The standard InChI is InChI=1S/C19H22BN3O.C2H6/c1-3-4-15-11-20(12-21)10-9-16-17(15)22-18(23-19(16)24)14-7-5-13(2)6-8-14;1-2/h5-8,15H,3-4,9-11H2,1-2H3,(H,22,23,24);1-2H3. The zero-order valence-corrected chi connectivity index (χ0v) is 16.3. The first-order chi connectivity index (χ1) is 12.6.